The van der Waals surface area contributed by atoms with Crippen LogP contribution in [0.15, 0.2) is 24.3 Å². The fourth-order valence-electron chi connectivity index (χ4n) is 0.930. The van der Waals surface area contributed by atoms with Gasteiger partial charge in [0.15, 0.2) is 6.61 Å². The Morgan fingerprint density at radius 1 is 1.31 bits per heavy atom. The van der Waals surface area contributed by atoms with Gasteiger partial charge < -0.3 is 9.84 Å². The van der Waals surface area contributed by atoms with Crippen molar-refractivity contribution >= 4 is 17.6 Å². The molecule has 0 spiro atoms. The highest BCUT2D eigenvalue weighted by atomic mass is 16.6. The summed E-state index contributed by atoms with van der Waals surface area (Å²) in [7, 11) is 0. The molecule has 1 rings (SSSR count). The Morgan fingerprint density at radius 2 is 1.88 bits per heavy atom. The number of carboxylic acid groups (broad SMARTS) is 1. The molecule has 16 heavy (non-hydrogen) atoms. The van der Waals surface area contributed by atoms with E-state index in [1.54, 1.807) is 0 Å². The number of carboxylic acids is 1. The maximum absolute atomic E-state index is 11.2. The second kappa shape index (κ2) is 4.87. The lowest BCUT2D eigenvalue weighted by molar-refractivity contribution is -0.384. The van der Waals surface area contributed by atoms with E-state index in [1.807, 2.05) is 0 Å². The number of aliphatic carboxylic acids is 1. The summed E-state index contributed by atoms with van der Waals surface area (Å²) in [5.74, 6) is -2.10. The van der Waals surface area contributed by atoms with Gasteiger partial charge in [0, 0.05) is 12.1 Å². The lowest BCUT2D eigenvalue weighted by Crippen LogP contribution is -2.13. The van der Waals surface area contributed by atoms with Crippen molar-refractivity contribution in [2.75, 3.05) is 6.61 Å². The molecule has 1 aromatic rings. The van der Waals surface area contributed by atoms with E-state index in [0.29, 0.717) is 0 Å². The lowest BCUT2D eigenvalue weighted by atomic mass is 10.2. The van der Waals surface area contributed by atoms with Gasteiger partial charge in [-0.2, -0.15) is 0 Å². The monoisotopic (exact) mass is 225 g/mol. The Labute approximate surface area is 89.4 Å². The van der Waals surface area contributed by atoms with Crippen molar-refractivity contribution in [3.05, 3.63) is 39.9 Å². The number of nitrogens with zero attached hydrogens (tertiary/aromatic N) is 1. The van der Waals surface area contributed by atoms with E-state index in [1.165, 1.54) is 12.1 Å². The van der Waals surface area contributed by atoms with Crippen LogP contribution < -0.4 is 0 Å². The van der Waals surface area contributed by atoms with Crippen LogP contribution >= 0.6 is 0 Å². The first-order chi connectivity index (χ1) is 7.50. The van der Waals surface area contributed by atoms with E-state index < -0.39 is 23.5 Å². The molecule has 0 aliphatic rings. The topological polar surface area (TPSA) is 107 Å². The van der Waals surface area contributed by atoms with E-state index in [2.05, 4.69) is 4.74 Å². The molecule has 1 N–H and O–H groups in total. The molecule has 84 valence electrons. The third-order valence-corrected chi connectivity index (χ3v) is 1.64. The van der Waals surface area contributed by atoms with E-state index in [-0.39, 0.29) is 11.3 Å². The molecule has 0 aliphatic heterocycles. The molecule has 0 amide bonds. The Morgan fingerprint density at radius 3 is 2.31 bits per heavy atom. The summed E-state index contributed by atoms with van der Waals surface area (Å²) >= 11 is 0. The van der Waals surface area contributed by atoms with Gasteiger partial charge in [-0.25, -0.2) is 9.59 Å². The van der Waals surface area contributed by atoms with E-state index in [0.717, 1.165) is 12.1 Å². The maximum Gasteiger partial charge on any atom is 0.341 e. The van der Waals surface area contributed by atoms with Crippen molar-refractivity contribution in [2.24, 2.45) is 0 Å². The molecule has 0 aromatic heterocycles. The second-order valence-corrected chi connectivity index (χ2v) is 2.77. The Kier molecular flexibility index (Phi) is 3.54. The average Bonchev–Trinajstić information content (AvgIpc) is 2.26. The minimum absolute atomic E-state index is 0.0619. The predicted molar refractivity (Wildman–Crippen MR) is 51.0 cm³/mol. The van der Waals surface area contributed by atoms with E-state index >= 15 is 0 Å². The number of carbonyl (C=O) groups excluding carboxylic acids is 1. The fourth-order valence-corrected chi connectivity index (χ4v) is 0.930. The van der Waals surface area contributed by atoms with E-state index in [4.69, 9.17) is 5.11 Å². The number of nitro benzene ring substituents is 1. The Hall–Kier alpha value is -2.44. The number of non-ortho nitro benzene ring substituents is 1. The summed E-state index contributed by atoms with van der Waals surface area (Å²) in [6.45, 7) is -0.740. The number of carbonyl (C=O) groups is 2. The molecule has 0 unspecified atom stereocenters. The molecule has 0 atom stereocenters. The number of hydrogen-bond acceptors (Lipinski definition) is 5. The van der Waals surface area contributed by atoms with Gasteiger partial charge in [-0.3, -0.25) is 10.1 Å². The van der Waals surface area contributed by atoms with Crippen molar-refractivity contribution < 1.29 is 24.4 Å². The Balaban J connectivity index is 2.70. The van der Waals surface area contributed by atoms with Crippen LogP contribution in [0.3, 0.4) is 0 Å². The molecule has 0 radical (unpaired) electrons. The van der Waals surface area contributed by atoms with E-state index in [9.17, 15) is 19.7 Å². The molecule has 0 heterocycles. The highest BCUT2D eigenvalue weighted by Crippen LogP contribution is 2.12. The van der Waals surface area contributed by atoms with Crippen LogP contribution in [0, 0.1) is 10.1 Å². The average molecular weight is 225 g/mol. The van der Waals surface area contributed by atoms with Gasteiger partial charge in [-0.15, -0.1) is 0 Å². The number of rotatable bonds is 4. The number of esters is 1. The lowest BCUT2D eigenvalue weighted by Gasteiger charge is -2.00. The van der Waals surface area contributed by atoms with Crippen LogP contribution in [-0.2, 0) is 9.53 Å². The summed E-state index contributed by atoms with van der Waals surface area (Å²) in [6, 6.07) is 4.67. The van der Waals surface area contributed by atoms with Crippen molar-refractivity contribution in [1.82, 2.24) is 0 Å². The van der Waals surface area contributed by atoms with Crippen LogP contribution in [0.1, 0.15) is 10.4 Å². The van der Waals surface area contributed by atoms with Crippen LogP contribution in [-0.4, -0.2) is 28.6 Å². The Bertz CT molecular complexity index is 424. The van der Waals surface area contributed by atoms with Gasteiger partial charge >= 0.3 is 11.9 Å². The maximum atomic E-state index is 11.2. The number of ether oxygens (including phenoxy) is 1. The molecule has 0 bridgehead atoms. The summed E-state index contributed by atoms with van der Waals surface area (Å²) in [5.41, 5.74) is -0.0957. The summed E-state index contributed by atoms with van der Waals surface area (Å²) in [6.07, 6.45) is 0. The van der Waals surface area contributed by atoms with Crippen molar-refractivity contribution in [2.45, 2.75) is 0 Å². The van der Waals surface area contributed by atoms with Crippen molar-refractivity contribution in [3.8, 4) is 0 Å². The van der Waals surface area contributed by atoms with Gasteiger partial charge in [0.25, 0.3) is 5.69 Å². The fraction of sp³-hybridized carbons (Fsp3) is 0.111. The molecule has 0 saturated heterocycles. The number of nitro groups is 1. The second-order valence-electron chi connectivity index (χ2n) is 2.77. The zero-order chi connectivity index (χ0) is 12.1. The summed E-state index contributed by atoms with van der Waals surface area (Å²) in [4.78, 5) is 31.0. The van der Waals surface area contributed by atoms with Gasteiger partial charge in [0.2, 0.25) is 0 Å². The molecule has 0 fully saturated rings. The molecule has 0 saturated carbocycles. The summed E-state index contributed by atoms with van der Waals surface area (Å²) in [5, 5.41) is 18.6. The minimum atomic E-state index is -1.27. The molecule has 1 aromatic carbocycles. The predicted octanol–water partition coefficient (Wildman–Crippen LogP) is 0.836. The van der Waals surface area contributed by atoms with Crippen molar-refractivity contribution in [3.63, 3.8) is 0 Å². The first-order valence-electron chi connectivity index (χ1n) is 4.14. The van der Waals surface area contributed by atoms with Crippen LogP contribution in [0.4, 0.5) is 5.69 Å². The quantitative estimate of drug-likeness (QED) is 0.462. The first-order valence-corrected chi connectivity index (χ1v) is 4.14. The number of benzene rings is 1. The van der Waals surface area contributed by atoms with Gasteiger partial charge in [-0.1, -0.05) is 0 Å². The molecule has 7 heteroatoms. The molecular weight excluding hydrogens is 218 g/mol. The van der Waals surface area contributed by atoms with Gasteiger partial charge in [0.1, 0.15) is 0 Å². The normalized spacial score (nSPS) is 9.50. The third-order valence-electron chi connectivity index (χ3n) is 1.64. The van der Waals surface area contributed by atoms with Crippen molar-refractivity contribution in [1.29, 1.82) is 0 Å². The largest absolute Gasteiger partial charge is 0.479 e. The van der Waals surface area contributed by atoms with Gasteiger partial charge in [-0.05, 0) is 12.1 Å². The molecule has 0 aliphatic carbocycles. The zero-order valence-electron chi connectivity index (χ0n) is 7.95. The van der Waals surface area contributed by atoms with Crippen LogP contribution in [0.5, 0.6) is 0 Å². The zero-order valence-corrected chi connectivity index (χ0v) is 7.95. The highest BCUT2D eigenvalue weighted by molar-refractivity contribution is 5.90. The van der Waals surface area contributed by atoms with Crippen LogP contribution in [0.2, 0.25) is 0 Å². The molecular formula is C9H7NO6. The SMILES string of the molecule is O=C(O)COC(=O)c1ccc([N+](=O)[O-])cc1. The number of hydrogen-bond donors (Lipinski definition) is 1. The molecule has 7 nitrogen and oxygen atoms in total. The van der Waals surface area contributed by atoms with Gasteiger partial charge in [0.05, 0.1) is 10.5 Å². The van der Waals surface area contributed by atoms with Crippen LogP contribution in [0.25, 0.3) is 0 Å². The third kappa shape index (κ3) is 3.05. The smallest absolute Gasteiger partial charge is 0.341 e. The first kappa shape index (κ1) is 11.6. The highest BCUT2D eigenvalue weighted by Gasteiger charge is 2.11. The standard InChI is InChI=1S/C9H7NO6/c11-8(12)5-16-9(13)6-1-3-7(4-2-6)10(14)15/h1-4H,5H2,(H,11,12). The summed E-state index contributed by atoms with van der Waals surface area (Å²) < 4.78 is 4.38. The minimum Gasteiger partial charge on any atom is -0.479 e.